The lowest BCUT2D eigenvalue weighted by molar-refractivity contribution is -0.116. The Hall–Kier alpha value is -2.95. The maximum atomic E-state index is 12.3. The molecule has 0 aliphatic heterocycles. The quantitative estimate of drug-likeness (QED) is 0.548. The number of nitrogens with one attached hydrogen (secondary N) is 2. The summed E-state index contributed by atoms with van der Waals surface area (Å²) in [5.41, 5.74) is 5.58. The topological polar surface area (TPSA) is 70.6 Å². The number of amides is 2. The molecule has 0 bridgehead atoms. The highest BCUT2D eigenvalue weighted by atomic mass is 16.2. The van der Waals surface area contributed by atoms with Crippen LogP contribution in [-0.4, -0.2) is 17.5 Å². The summed E-state index contributed by atoms with van der Waals surface area (Å²) in [6, 6.07) is 16.5. The Morgan fingerprint density at radius 3 is 2.23 bits per heavy atom. The predicted octanol–water partition coefficient (Wildman–Crippen LogP) is 4.36. The van der Waals surface area contributed by atoms with Crippen LogP contribution in [0.4, 0.5) is 5.69 Å². The van der Waals surface area contributed by atoms with Gasteiger partial charge >= 0.3 is 0 Å². The van der Waals surface area contributed by atoms with Gasteiger partial charge in [0.05, 0.1) is 5.71 Å². The fourth-order valence-corrected chi connectivity index (χ4v) is 2.43. The van der Waals surface area contributed by atoms with Crippen LogP contribution >= 0.6 is 0 Å². The molecule has 0 spiro atoms. The Balaban J connectivity index is 1.97. The molecule has 2 amide bonds. The fraction of sp³-hybridized carbons (Fsp3) is 0.286. The molecule has 0 radical (unpaired) electrons. The SMILES string of the molecule is CCCCC(=O)Nc1ccc(C(=O)N/N=C(\CC)c2ccccc2)cc1. The first kappa shape index (κ1) is 19.4. The highest BCUT2D eigenvalue weighted by Crippen LogP contribution is 2.11. The molecule has 0 saturated carbocycles. The third-order valence-electron chi connectivity index (χ3n) is 3.92. The van der Waals surface area contributed by atoms with Gasteiger partial charge in [-0.3, -0.25) is 9.59 Å². The molecule has 26 heavy (non-hydrogen) atoms. The standard InChI is InChI=1S/C21H25N3O2/c1-3-5-11-20(25)22-18-14-12-17(13-15-18)21(26)24-23-19(4-2)16-9-7-6-8-10-16/h6-10,12-15H,3-5,11H2,1-2H3,(H,22,25)(H,24,26)/b23-19+. The predicted molar refractivity (Wildman–Crippen MR) is 105 cm³/mol. The van der Waals surface area contributed by atoms with Crippen LogP contribution in [0.1, 0.15) is 55.5 Å². The average molecular weight is 351 g/mol. The molecule has 0 aliphatic carbocycles. The highest BCUT2D eigenvalue weighted by Gasteiger charge is 2.07. The molecule has 0 saturated heterocycles. The number of hydrogen-bond donors (Lipinski definition) is 2. The number of nitrogens with zero attached hydrogens (tertiary/aromatic N) is 1. The Bertz CT molecular complexity index is 753. The summed E-state index contributed by atoms with van der Waals surface area (Å²) in [5, 5.41) is 7.07. The summed E-state index contributed by atoms with van der Waals surface area (Å²) in [6.45, 7) is 4.04. The first-order chi connectivity index (χ1) is 12.6. The van der Waals surface area contributed by atoms with Gasteiger partial charge in [-0.25, -0.2) is 5.43 Å². The number of carbonyl (C=O) groups is 2. The van der Waals surface area contributed by atoms with Crippen LogP contribution in [0.25, 0.3) is 0 Å². The molecule has 0 aliphatic rings. The first-order valence-electron chi connectivity index (χ1n) is 8.96. The van der Waals surface area contributed by atoms with Gasteiger partial charge in [0.2, 0.25) is 5.91 Å². The third kappa shape index (κ3) is 5.84. The largest absolute Gasteiger partial charge is 0.326 e. The van der Waals surface area contributed by atoms with Crippen molar-refractivity contribution >= 4 is 23.2 Å². The molecule has 0 unspecified atom stereocenters. The Morgan fingerprint density at radius 1 is 0.923 bits per heavy atom. The molecule has 2 N–H and O–H groups in total. The molecule has 0 heterocycles. The van der Waals surface area contributed by atoms with Crippen LogP contribution in [0.5, 0.6) is 0 Å². The molecular formula is C21H25N3O2. The van der Waals surface area contributed by atoms with E-state index in [0.717, 1.165) is 24.1 Å². The van der Waals surface area contributed by atoms with E-state index in [4.69, 9.17) is 0 Å². The van der Waals surface area contributed by atoms with Crippen molar-refractivity contribution in [1.82, 2.24) is 5.43 Å². The van der Waals surface area contributed by atoms with Crippen molar-refractivity contribution in [2.45, 2.75) is 39.5 Å². The van der Waals surface area contributed by atoms with Crippen LogP contribution in [-0.2, 0) is 4.79 Å². The van der Waals surface area contributed by atoms with E-state index in [1.165, 1.54) is 0 Å². The van der Waals surface area contributed by atoms with Crippen molar-refractivity contribution in [3.63, 3.8) is 0 Å². The summed E-state index contributed by atoms with van der Waals surface area (Å²) < 4.78 is 0. The maximum Gasteiger partial charge on any atom is 0.271 e. The van der Waals surface area contributed by atoms with Crippen molar-refractivity contribution in [2.24, 2.45) is 5.10 Å². The van der Waals surface area contributed by atoms with Gasteiger partial charge in [0.1, 0.15) is 0 Å². The summed E-state index contributed by atoms with van der Waals surface area (Å²) in [4.78, 5) is 24.0. The zero-order valence-corrected chi connectivity index (χ0v) is 15.3. The molecular weight excluding hydrogens is 326 g/mol. The van der Waals surface area contributed by atoms with Crippen LogP contribution in [0.15, 0.2) is 59.7 Å². The number of hydrogen-bond acceptors (Lipinski definition) is 3. The summed E-state index contributed by atoms with van der Waals surface area (Å²) in [6.07, 6.45) is 3.07. The molecule has 0 aromatic heterocycles. The number of unbranched alkanes of at least 4 members (excludes halogenated alkanes) is 1. The minimum atomic E-state index is -0.282. The van der Waals surface area contributed by atoms with E-state index in [9.17, 15) is 9.59 Å². The van der Waals surface area contributed by atoms with E-state index in [1.54, 1.807) is 24.3 Å². The normalized spacial score (nSPS) is 11.1. The van der Waals surface area contributed by atoms with Gasteiger partial charge in [-0.15, -0.1) is 0 Å². The van der Waals surface area contributed by atoms with Gasteiger partial charge in [0, 0.05) is 17.7 Å². The van der Waals surface area contributed by atoms with Crippen LogP contribution in [0.2, 0.25) is 0 Å². The second-order valence-corrected chi connectivity index (χ2v) is 5.95. The zero-order chi connectivity index (χ0) is 18.8. The molecule has 2 aromatic rings. The van der Waals surface area contributed by atoms with Crippen molar-refractivity contribution < 1.29 is 9.59 Å². The lowest BCUT2D eigenvalue weighted by Gasteiger charge is -2.07. The van der Waals surface area contributed by atoms with Gasteiger partial charge in [-0.2, -0.15) is 5.10 Å². The second-order valence-electron chi connectivity index (χ2n) is 5.95. The molecule has 2 aromatic carbocycles. The smallest absolute Gasteiger partial charge is 0.271 e. The van der Waals surface area contributed by atoms with E-state index < -0.39 is 0 Å². The number of benzene rings is 2. The molecule has 0 fully saturated rings. The highest BCUT2D eigenvalue weighted by molar-refractivity contribution is 6.02. The van der Waals surface area contributed by atoms with E-state index in [-0.39, 0.29) is 11.8 Å². The Kier molecular flexibility index (Phi) is 7.55. The monoisotopic (exact) mass is 351 g/mol. The molecule has 2 rings (SSSR count). The zero-order valence-electron chi connectivity index (χ0n) is 15.3. The van der Waals surface area contributed by atoms with Gasteiger partial charge < -0.3 is 5.32 Å². The van der Waals surface area contributed by atoms with Gasteiger partial charge in [-0.1, -0.05) is 50.6 Å². The van der Waals surface area contributed by atoms with Crippen molar-refractivity contribution in [2.75, 3.05) is 5.32 Å². The van der Waals surface area contributed by atoms with Crippen LogP contribution < -0.4 is 10.7 Å². The average Bonchev–Trinajstić information content (AvgIpc) is 2.68. The minimum absolute atomic E-state index is 0.0101. The molecule has 5 heteroatoms. The van der Waals surface area contributed by atoms with E-state index >= 15 is 0 Å². The third-order valence-corrected chi connectivity index (χ3v) is 3.92. The minimum Gasteiger partial charge on any atom is -0.326 e. The van der Waals surface area contributed by atoms with Crippen LogP contribution in [0.3, 0.4) is 0 Å². The van der Waals surface area contributed by atoms with Crippen molar-refractivity contribution in [3.8, 4) is 0 Å². The lowest BCUT2D eigenvalue weighted by atomic mass is 10.1. The van der Waals surface area contributed by atoms with E-state index in [0.29, 0.717) is 24.1 Å². The lowest BCUT2D eigenvalue weighted by Crippen LogP contribution is -2.20. The summed E-state index contributed by atoms with van der Waals surface area (Å²) in [7, 11) is 0. The molecule has 136 valence electrons. The number of anilines is 1. The van der Waals surface area contributed by atoms with Crippen molar-refractivity contribution in [1.29, 1.82) is 0 Å². The van der Waals surface area contributed by atoms with E-state index in [2.05, 4.69) is 15.8 Å². The van der Waals surface area contributed by atoms with Gasteiger partial charge in [0.25, 0.3) is 5.91 Å². The van der Waals surface area contributed by atoms with Gasteiger partial charge in [0.15, 0.2) is 0 Å². The molecule has 0 atom stereocenters. The number of hydrazone groups is 1. The summed E-state index contributed by atoms with van der Waals surface area (Å²) >= 11 is 0. The van der Waals surface area contributed by atoms with Crippen LogP contribution in [0, 0.1) is 0 Å². The second kappa shape index (κ2) is 10.1. The van der Waals surface area contributed by atoms with Gasteiger partial charge in [-0.05, 0) is 42.7 Å². The maximum absolute atomic E-state index is 12.3. The van der Waals surface area contributed by atoms with Crippen molar-refractivity contribution in [3.05, 3.63) is 65.7 Å². The molecule has 5 nitrogen and oxygen atoms in total. The Labute approximate surface area is 154 Å². The summed E-state index contributed by atoms with van der Waals surface area (Å²) in [5.74, 6) is -0.292. The number of carbonyl (C=O) groups excluding carboxylic acids is 2. The number of rotatable bonds is 8. The van der Waals surface area contributed by atoms with E-state index in [1.807, 2.05) is 44.2 Å². The first-order valence-corrected chi connectivity index (χ1v) is 8.96. The Morgan fingerprint density at radius 2 is 1.62 bits per heavy atom. The fourth-order valence-electron chi connectivity index (χ4n) is 2.43.